The maximum Gasteiger partial charge on any atom is 0.136 e. The number of hydrogen-bond donors (Lipinski definition) is 1. The van der Waals surface area contributed by atoms with E-state index in [9.17, 15) is 9.50 Å². The Morgan fingerprint density at radius 1 is 1.10 bits per heavy atom. The zero-order chi connectivity index (χ0) is 14.8. The Hall–Kier alpha value is -1.98. The number of aromatic nitrogens is 2. The molecule has 106 valence electrons. The quantitative estimate of drug-likeness (QED) is 0.776. The lowest BCUT2D eigenvalue weighted by molar-refractivity contribution is 0.197. The number of aliphatic hydroxyl groups excluding tert-OH is 1. The standard InChI is InChI=1S/C16H12BrFN2O/c17-14-4-2-1-3-13(14)15-9-16(20(10-21)19-15)11-5-7-12(18)8-6-11/h1-9,21H,10H2. The fourth-order valence-electron chi connectivity index (χ4n) is 2.18. The van der Waals surface area contributed by atoms with Crippen LogP contribution in [-0.2, 0) is 6.73 Å². The minimum absolute atomic E-state index is 0.239. The first-order valence-electron chi connectivity index (χ1n) is 6.38. The molecule has 21 heavy (non-hydrogen) atoms. The topological polar surface area (TPSA) is 38.0 Å². The number of aliphatic hydroxyl groups is 1. The summed E-state index contributed by atoms with van der Waals surface area (Å²) in [5.74, 6) is -0.292. The molecule has 5 heteroatoms. The van der Waals surface area contributed by atoms with E-state index >= 15 is 0 Å². The van der Waals surface area contributed by atoms with E-state index in [4.69, 9.17) is 0 Å². The van der Waals surface area contributed by atoms with Gasteiger partial charge in [-0.2, -0.15) is 5.10 Å². The van der Waals surface area contributed by atoms with E-state index in [0.717, 1.165) is 27.0 Å². The van der Waals surface area contributed by atoms with Crippen molar-refractivity contribution in [2.24, 2.45) is 0 Å². The van der Waals surface area contributed by atoms with Crippen molar-refractivity contribution in [3.8, 4) is 22.5 Å². The highest BCUT2D eigenvalue weighted by atomic mass is 79.9. The monoisotopic (exact) mass is 346 g/mol. The molecule has 3 nitrogen and oxygen atoms in total. The summed E-state index contributed by atoms with van der Waals surface area (Å²) in [6.45, 7) is -0.239. The Bertz CT molecular complexity index is 768. The predicted octanol–water partition coefficient (Wildman–Crippen LogP) is 4.07. The molecule has 0 saturated heterocycles. The fourth-order valence-corrected chi connectivity index (χ4v) is 2.67. The van der Waals surface area contributed by atoms with Crippen LogP contribution in [0.3, 0.4) is 0 Å². The highest BCUT2D eigenvalue weighted by Crippen LogP contribution is 2.30. The van der Waals surface area contributed by atoms with Gasteiger partial charge in [0.2, 0.25) is 0 Å². The van der Waals surface area contributed by atoms with Crippen molar-refractivity contribution in [1.82, 2.24) is 9.78 Å². The van der Waals surface area contributed by atoms with E-state index in [2.05, 4.69) is 21.0 Å². The molecule has 1 aromatic heterocycles. The van der Waals surface area contributed by atoms with Gasteiger partial charge in [-0.1, -0.05) is 34.1 Å². The molecule has 0 spiro atoms. The number of rotatable bonds is 3. The van der Waals surface area contributed by atoms with Gasteiger partial charge in [-0.15, -0.1) is 0 Å². The minimum atomic E-state index is -0.292. The first kappa shape index (κ1) is 14.0. The second-order valence-corrected chi connectivity index (χ2v) is 5.40. The molecular formula is C16H12BrFN2O. The van der Waals surface area contributed by atoms with Gasteiger partial charge in [0.25, 0.3) is 0 Å². The molecule has 0 unspecified atom stereocenters. The van der Waals surface area contributed by atoms with E-state index in [-0.39, 0.29) is 12.5 Å². The van der Waals surface area contributed by atoms with Crippen LogP contribution in [0.2, 0.25) is 0 Å². The summed E-state index contributed by atoms with van der Waals surface area (Å²) in [5, 5.41) is 13.9. The van der Waals surface area contributed by atoms with Crippen LogP contribution >= 0.6 is 15.9 Å². The van der Waals surface area contributed by atoms with Crippen molar-refractivity contribution >= 4 is 15.9 Å². The summed E-state index contributed by atoms with van der Waals surface area (Å²) in [6, 6.07) is 15.7. The average molecular weight is 347 g/mol. The van der Waals surface area contributed by atoms with Crippen LogP contribution in [0.25, 0.3) is 22.5 Å². The van der Waals surface area contributed by atoms with Gasteiger partial charge in [0.1, 0.15) is 12.5 Å². The SMILES string of the molecule is OCn1nc(-c2ccccc2Br)cc1-c1ccc(F)cc1. The largest absolute Gasteiger partial charge is 0.374 e. The predicted molar refractivity (Wildman–Crippen MR) is 83.0 cm³/mol. The van der Waals surface area contributed by atoms with Crippen molar-refractivity contribution in [3.05, 3.63) is 64.9 Å². The molecule has 0 amide bonds. The molecule has 0 atom stereocenters. The van der Waals surface area contributed by atoms with Gasteiger partial charge in [0, 0.05) is 15.6 Å². The maximum absolute atomic E-state index is 13.0. The number of halogens is 2. The van der Waals surface area contributed by atoms with E-state index in [1.807, 2.05) is 30.3 Å². The molecule has 0 aliphatic heterocycles. The smallest absolute Gasteiger partial charge is 0.136 e. The van der Waals surface area contributed by atoms with E-state index < -0.39 is 0 Å². The van der Waals surface area contributed by atoms with E-state index in [1.165, 1.54) is 16.8 Å². The number of benzene rings is 2. The van der Waals surface area contributed by atoms with Crippen LogP contribution in [0.4, 0.5) is 4.39 Å². The molecular weight excluding hydrogens is 335 g/mol. The summed E-state index contributed by atoms with van der Waals surface area (Å²) < 4.78 is 15.4. The van der Waals surface area contributed by atoms with Gasteiger partial charge in [-0.3, -0.25) is 0 Å². The highest BCUT2D eigenvalue weighted by molar-refractivity contribution is 9.10. The van der Waals surface area contributed by atoms with Crippen molar-refractivity contribution in [3.63, 3.8) is 0 Å². The molecule has 0 radical (unpaired) electrons. The normalized spacial score (nSPS) is 10.8. The molecule has 3 rings (SSSR count). The lowest BCUT2D eigenvalue weighted by Gasteiger charge is -2.03. The van der Waals surface area contributed by atoms with E-state index in [1.54, 1.807) is 12.1 Å². The number of hydrogen-bond acceptors (Lipinski definition) is 2. The lowest BCUT2D eigenvalue weighted by Crippen LogP contribution is -2.01. The molecule has 1 N–H and O–H groups in total. The van der Waals surface area contributed by atoms with Crippen LogP contribution in [0.15, 0.2) is 59.1 Å². The summed E-state index contributed by atoms with van der Waals surface area (Å²) >= 11 is 3.49. The maximum atomic E-state index is 13.0. The van der Waals surface area contributed by atoms with Gasteiger partial charge < -0.3 is 5.11 Å². The van der Waals surface area contributed by atoms with Gasteiger partial charge in [0.05, 0.1) is 11.4 Å². The molecule has 0 aliphatic carbocycles. The molecule has 0 bridgehead atoms. The van der Waals surface area contributed by atoms with Gasteiger partial charge in [-0.25, -0.2) is 9.07 Å². The van der Waals surface area contributed by atoms with Crippen LogP contribution < -0.4 is 0 Å². The molecule has 0 saturated carbocycles. The van der Waals surface area contributed by atoms with Crippen LogP contribution in [0.1, 0.15) is 0 Å². The molecule has 3 aromatic rings. The van der Waals surface area contributed by atoms with E-state index in [0.29, 0.717) is 0 Å². The van der Waals surface area contributed by atoms with Gasteiger partial charge in [0.15, 0.2) is 0 Å². The minimum Gasteiger partial charge on any atom is -0.374 e. The Morgan fingerprint density at radius 3 is 2.48 bits per heavy atom. The van der Waals surface area contributed by atoms with Crippen LogP contribution in [0, 0.1) is 5.82 Å². The Morgan fingerprint density at radius 2 is 1.81 bits per heavy atom. The van der Waals surface area contributed by atoms with Crippen molar-refractivity contribution in [2.75, 3.05) is 0 Å². The summed E-state index contributed by atoms with van der Waals surface area (Å²) in [7, 11) is 0. The highest BCUT2D eigenvalue weighted by Gasteiger charge is 2.12. The lowest BCUT2D eigenvalue weighted by atomic mass is 10.1. The number of nitrogens with zero attached hydrogens (tertiary/aromatic N) is 2. The van der Waals surface area contributed by atoms with Gasteiger partial charge in [-0.05, 0) is 36.4 Å². The first-order chi connectivity index (χ1) is 10.2. The summed E-state index contributed by atoms with van der Waals surface area (Å²) in [5.41, 5.74) is 3.23. The zero-order valence-corrected chi connectivity index (χ0v) is 12.6. The third-order valence-electron chi connectivity index (χ3n) is 3.20. The summed E-state index contributed by atoms with van der Waals surface area (Å²) in [4.78, 5) is 0. The summed E-state index contributed by atoms with van der Waals surface area (Å²) in [6.07, 6.45) is 0. The van der Waals surface area contributed by atoms with Crippen molar-refractivity contribution < 1.29 is 9.50 Å². The third kappa shape index (κ3) is 2.75. The van der Waals surface area contributed by atoms with Crippen LogP contribution in [0.5, 0.6) is 0 Å². The fraction of sp³-hybridized carbons (Fsp3) is 0.0625. The molecule has 0 aliphatic rings. The second-order valence-electron chi connectivity index (χ2n) is 4.54. The zero-order valence-electron chi connectivity index (χ0n) is 11.0. The van der Waals surface area contributed by atoms with Crippen LogP contribution in [-0.4, -0.2) is 14.9 Å². The Kier molecular flexibility index (Phi) is 3.86. The second kappa shape index (κ2) is 5.79. The first-order valence-corrected chi connectivity index (χ1v) is 7.18. The molecule has 0 fully saturated rings. The Balaban J connectivity index is 2.11. The average Bonchev–Trinajstić information content (AvgIpc) is 2.92. The van der Waals surface area contributed by atoms with Crippen molar-refractivity contribution in [1.29, 1.82) is 0 Å². The Labute approximate surface area is 129 Å². The van der Waals surface area contributed by atoms with Crippen molar-refractivity contribution in [2.45, 2.75) is 6.73 Å². The van der Waals surface area contributed by atoms with Gasteiger partial charge >= 0.3 is 0 Å². The molecule has 2 aromatic carbocycles. The third-order valence-corrected chi connectivity index (χ3v) is 3.90. The molecule has 1 heterocycles.